The highest BCUT2D eigenvalue weighted by Gasteiger charge is 2.04. The first-order chi connectivity index (χ1) is 7.25. The Labute approximate surface area is 95.8 Å². The third kappa shape index (κ3) is 2.70. The van der Waals surface area contributed by atoms with Crippen molar-refractivity contribution in [3.05, 3.63) is 40.4 Å². The SMILES string of the molecule is Cc1cnc(CNCc2occc2Br)o1. The highest BCUT2D eigenvalue weighted by atomic mass is 79.9. The Morgan fingerprint density at radius 3 is 2.93 bits per heavy atom. The monoisotopic (exact) mass is 270 g/mol. The van der Waals surface area contributed by atoms with E-state index < -0.39 is 0 Å². The standard InChI is InChI=1S/C10H11BrN2O2/c1-7-4-13-10(15-7)6-12-5-9-8(11)2-3-14-9/h2-4,12H,5-6H2,1H3. The Balaban J connectivity index is 1.83. The van der Waals surface area contributed by atoms with Crippen LogP contribution >= 0.6 is 15.9 Å². The number of oxazole rings is 1. The maximum absolute atomic E-state index is 5.32. The van der Waals surface area contributed by atoms with Gasteiger partial charge in [0, 0.05) is 0 Å². The van der Waals surface area contributed by atoms with Crippen molar-refractivity contribution in [2.75, 3.05) is 0 Å². The number of hydrogen-bond acceptors (Lipinski definition) is 4. The lowest BCUT2D eigenvalue weighted by molar-refractivity contribution is 0.430. The van der Waals surface area contributed by atoms with Crippen molar-refractivity contribution in [2.24, 2.45) is 0 Å². The van der Waals surface area contributed by atoms with Gasteiger partial charge < -0.3 is 14.2 Å². The summed E-state index contributed by atoms with van der Waals surface area (Å²) in [7, 11) is 0. The van der Waals surface area contributed by atoms with Crippen LogP contribution in [0.25, 0.3) is 0 Å². The molecule has 1 N–H and O–H groups in total. The highest BCUT2D eigenvalue weighted by molar-refractivity contribution is 9.10. The van der Waals surface area contributed by atoms with Crippen LogP contribution in [0.2, 0.25) is 0 Å². The number of nitrogens with one attached hydrogen (secondary N) is 1. The summed E-state index contributed by atoms with van der Waals surface area (Å²) in [5.74, 6) is 2.39. The number of hydrogen-bond donors (Lipinski definition) is 1. The molecule has 80 valence electrons. The molecule has 0 atom stereocenters. The molecule has 5 heteroatoms. The van der Waals surface area contributed by atoms with E-state index in [-0.39, 0.29) is 0 Å². The van der Waals surface area contributed by atoms with Crippen LogP contribution in [0.15, 0.2) is 31.8 Å². The molecule has 2 rings (SSSR count). The Kier molecular flexibility index (Phi) is 3.23. The Morgan fingerprint density at radius 2 is 2.33 bits per heavy atom. The van der Waals surface area contributed by atoms with Crippen LogP contribution < -0.4 is 5.32 Å². The normalized spacial score (nSPS) is 10.8. The fourth-order valence-electron chi connectivity index (χ4n) is 1.22. The number of aryl methyl sites for hydroxylation is 1. The number of furan rings is 1. The van der Waals surface area contributed by atoms with E-state index in [0.717, 1.165) is 16.0 Å². The van der Waals surface area contributed by atoms with E-state index in [4.69, 9.17) is 8.83 Å². The van der Waals surface area contributed by atoms with Crippen LogP contribution in [0.3, 0.4) is 0 Å². The summed E-state index contributed by atoms with van der Waals surface area (Å²) in [4.78, 5) is 4.09. The lowest BCUT2D eigenvalue weighted by atomic mass is 10.4. The van der Waals surface area contributed by atoms with E-state index in [1.165, 1.54) is 0 Å². The minimum absolute atomic E-state index is 0.598. The molecule has 2 aromatic heterocycles. The zero-order valence-corrected chi connectivity index (χ0v) is 9.87. The molecule has 0 unspecified atom stereocenters. The number of nitrogens with zero attached hydrogens (tertiary/aromatic N) is 1. The van der Waals surface area contributed by atoms with Crippen molar-refractivity contribution < 1.29 is 8.83 Å². The van der Waals surface area contributed by atoms with E-state index in [1.54, 1.807) is 12.5 Å². The fourth-order valence-corrected chi connectivity index (χ4v) is 1.56. The smallest absolute Gasteiger partial charge is 0.208 e. The molecular weight excluding hydrogens is 260 g/mol. The second-order valence-corrected chi connectivity index (χ2v) is 4.01. The third-order valence-electron chi connectivity index (χ3n) is 1.92. The maximum atomic E-state index is 5.32. The van der Waals surface area contributed by atoms with Gasteiger partial charge in [0.15, 0.2) is 0 Å². The molecule has 4 nitrogen and oxygen atoms in total. The average molecular weight is 271 g/mol. The molecule has 0 aliphatic rings. The number of rotatable bonds is 4. The molecule has 0 aromatic carbocycles. The topological polar surface area (TPSA) is 51.2 Å². The second-order valence-electron chi connectivity index (χ2n) is 3.16. The summed E-state index contributed by atoms with van der Waals surface area (Å²) in [6, 6.07) is 1.87. The van der Waals surface area contributed by atoms with E-state index >= 15 is 0 Å². The first-order valence-corrected chi connectivity index (χ1v) is 5.39. The minimum Gasteiger partial charge on any atom is -0.467 e. The first kappa shape index (κ1) is 10.4. The van der Waals surface area contributed by atoms with Crippen molar-refractivity contribution in [2.45, 2.75) is 20.0 Å². The minimum atomic E-state index is 0.598. The lowest BCUT2D eigenvalue weighted by Crippen LogP contribution is -2.12. The first-order valence-electron chi connectivity index (χ1n) is 4.59. The fraction of sp³-hybridized carbons (Fsp3) is 0.300. The van der Waals surface area contributed by atoms with Gasteiger partial charge in [-0.2, -0.15) is 0 Å². The summed E-state index contributed by atoms with van der Waals surface area (Å²) in [5, 5.41) is 3.18. The van der Waals surface area contributed by atoms with Gasteiger partial charge in [-0.25, -0.2) is 4.98 Å². The van der Waals surface area contributed by atoms with Crippen molar-refractivity contribution in [1.82, 2.24) is 10.3 Å². The van der Waals surface area contributed by atoms with Crippen LogP contribution in [-0.4, -0.2) is 4.98 Å². The van der Waals surface area contributed by atoms with E-state index in [1.807, 2.05) is 13.0 Å². The van der Waals surface area contributed by atoms with Gasteiger partial charge in [-0.1, -0.05) is 0 Å². The summed E-state index contributed by atoms with van der Waals surface area (Å²) in [5.41, 5.74) is 0. The van der Waals surface area contributed by atoms with Crippen LogP contribution in [-0.2, 0) is 13.1 Å². The Morgan fingerprint density at radius 1 is 1.47 bits per heavy atom. The van der Waals surface area contributed by atoms with Gasteiger partial charge in [0.25, 0.3) is 0 Å². The highest BCUT2D eigenvalue weighted by Crippen LogP contribution is 2.17. The zero-order chi connectivity index (χ0) is 10.7. The van der Waals surface area contributed by atoms with E-state index in [2.05, 4.69) is 26.2 Å². The van der Waals surface area contributed by atoms with Crippen molar-refractivity contribution in [3.63, 3.8) is 0 Å². The second kappa shape index (κ2) is 4.63. The van der Waals surface area contributed by atoms with Crippen LogP contribution in [0.4, 0.5) is 0 Å². The van der Waals surface area contributed by atoms with Crippen LogP contribution in [0, 0.1) is 6.92 Å². The van der Waals surface area contributed by atoms with Crippen molar-refractivity contribution >= 4 is 15.9 Å². The van der Waals surface area contributed by atoms with Crippen LogP contribution in [0.1, 0.15) is 17.4 Å². The molecule has 0 saturated heterocycles. The van der Waals surface area contributed by atoms with Gasteiger partial charge in [0.05, 0.1) is 30.0 Å². The number of aromatic nitrogens is 1. The molecule has 15 heavy (non-hydrogen) atoms. The molecule has 0 fully saturated rings. The largest absolute Gasteiger partial charge is 0.467 e. The summed E-state index contributed by atoms with van der Waals surface area (Å²) in [6.45, 7) is 3.12. The van der Waals surface area contributed by atoms with E-state index in [0.29, 0.717) is 19.0 Å². The predicted octanol–water partition coefficient (Wildman–Crippen LogP) is 2.63. The van der Waals surface area contributed by atoms with Gasteiger partial charge in [0.2, 0.25) is 5.89 Å². The molecule has 2 heterocycles. The molecule has 0 radical (unpaired) electrons. The van der Waals surface area contributed by atoms with Gasteiger partial charge in [-0.15, -0.1) is 0 Å². The summed E-state index contributed by atoms with van der Waals surface area (Å²) < 4.78 is 11.5. The van der Waals surface area contributed by atoms with Crippen LogP contribution in [0.5, 0.6) is 0 Å². The number of halogens is 1. The molecule has 0 amide bonds. The van der Waals surface area contributed by atoms with E-state index in [9.17, 15) is 0 Å². The molecular formula is C10H11BrN2O2. The average Bonchev–Trinajstić information content (AvgIpc) is 2.77. The van der Waals surface area contributed by atoms with Gasteiger partial charge in [0.1, 0.15) is 11.5 Å². The lowest BCUT2D eigenvalue weighted by Gasteiger charge is -1.99. The van der Waals surface area contributed by atoms with Gasteiger partial charge >= 0.3 is 0 Å². The molecule has 0 spiro atoms. The molecule has 0 saturated carbocycles. The predicted molar refractivity (Wildman–Crippen MR) is 58.2 cm³/mol. The zero-order valence-electron chi connectivity index (χ0n) is 8.29. The summed E-state index contributed by atoms with van der Waals surface area (Å²) >= 11 is 3.38. The molecule has 0 aliphatic carbocycles. The summed E-state index contributed by atoms with van der Waals surface area (Å²) in [6.07, 6.45) is 3.36. The van der Waals surface area contributed by atoms with Crippen molar-refractivity contribution in [3.8, 4) is 0 Å². The maximum Gasteiger partial charge on any atom is 0.208 e. The third-order valence-corrected chi connectivity index (χ3v) is 2.63. The van der Waals surface area contributed by atoms with Crippen molar-refractivity contribution in [1.29, 1.82) is 0 Å². The van der Waals surface area contributed by atoms with Gasteiger partial charge in [-0.05, 0) is 28.9 Å². The molecule has 2 aromatic rings. The van der Waals surface area contributed by atoms with Gasteiger partial charge in [-0.3, -0.25) is 0 Å². The Bertz CT molecular complexity index is 436. The molecule has 0 bridgehead atoms. The quantitative estimate of drug-likeness (QED) is 0.928. The molecule has 0 aliphatic heterocycles. The Hall–Kier alpha value is -1.07.